The third-order valence-electron chi connectivity index (χ3n) is 3.35. The first-order chi connectivity index (χ1) is 8.65. The summed E-state index contributed by atoms with van der Waals surface area (Å²) in [4.78, 5) is 26.1. The van der Waals surface area contributed by atoms with Crippen LogP contribution in [0.3, 0.4) is 0 Å². The third kappa shape index (κ3) is 2.23. The van der Waals surface area contributed by atoms with Crippen molar-refractivity contribution in [1.82, 2.24) is 4.98 Å². The van der Waals surface area contributed by atoms with Crippen LogP contribution in [0.25, 0.3) is 5.57 Å². The Morgan fingerprint density at radius 3 is 2.78 bits per heavy atom. The Labute approximate surface area is 106 Å². The molecule has 0 aromatic carbocycles. The number of hydrogen-bond acceptors (Lipinski definition) is 3. The number of aromatic amines is 1. The molecule has 18 heavy (non-hydrogen) atoms. The summed E-state index contributed by atoms with van der Waals surface area (Å²) in [7, 11) is 1.35. The van der Waals surface area contributed by atoms with Gasteiger partial charge in [0.05, 0.1) is 12.7 Å². The monoisotopic (exact) mass is 247 g/mol. The quantitative estimate of drug-likeness (QED) is 0.816. The number of pyridine rings is 1. The van der Waals surface area contributed by atoms with Crippen molar-refractivity contribution in [2.24, 2.45) is 0 Å². The minimum atomic E-state index is -0.407. The molecule has 0 spiro atoms. The van der Waals surface area contributed by atoms with Crippen molar-refractivity contribution in [2.75, 3.05) is 7.11 Å². The van der Waals surface area contributed by atoms with Crippen molar-refractivity contribution >= 4 is 11.5 Å². The lowest BCUT2D eigenvalue weighted by Crippen LogP contribution is -2.18. The number of methoxy groups -OCH3 is 1. The molecule has 1 aromatic rings. The van der Waals surface area contributed by atoms with Crippen molar-refractivity contribution in [3.8, 4) is 0 Å². The second kappa shape index (κ2) is 5.21. The second-order valence-corrected chi connectivity index (χ2v) is 4.50. The molecule has 1 aromatic heterocycles. The van der Waals surface area contributed by atoms with Crippen LogP contribution in [0.4, 0.5) is 0 Å². The molecule has 1 N–H and O–H groups in total. The van der Waals surface area contributed by atoms with Crippen molar-refractivity contribution in [3.05, 3.63) is 39.3 Å². The predicted octanol–water partition coefficient (Wildman–Crippen LogP) is 2.43. The van der Waals surface area contributed by atoms with E-state index in [1.54, 1.807) is 6.92 Å². The number of hydrogen-bond donors (Lipinski definition) is 1. The summed E-state index contributed by atoms with van der Waals surface area (Å²) >= 11 is 0. The van der Waals surface area contributed by atoms with Gasteiger partial charge in [-0.05, 0) is 38.2 Å². The van der Waals surface area contributed by atoms with E-state index >= 15 is 0 Å². The summed E-state index contributed by atoms with van der Waals surface area (Å²) in [6.45, 7) is 1.75. The summed E-state index contributed by atoms with van der Waals surface area (Å²) in [6.07, 6.45) is 7.75. The zero-order chi connectivity index (χ0) is 13.1. The van der Waals surface area contributed by atoms with Crippen molar-refractivity contribution in [3.63, 3.8) is 0 Å². The van der Waals surface area contributed by atoms with Crippen molar-refractivity contribution in [1.29, 1.82) is 0 Å². The topological polar surface area (TPSA) is 59.2 Å². The first-order valence-electron chi connectivity index (χ1n) is 6.15. The third-order valence-corrected chi connectivity index (χ3v) is 3.35. The highest BCUT2D eigenvalue weighted by Crippen LogP contribution is 2.30. The summed E-state index contributed by atoms with van der Waals surface area (Å²) in [5.74, 6) is -0.407. The average molecular weight is 247 g/mol. The molecule has 1 heterocycles. The van der Waals surface area contributed by atoms with Crippen LogP contribution in [-0.2, 0) is 4.74 Å². The maximum Gasteiger partial charge on any atom is 0.339 e. The molecule has 0 fully saturated rings. The van der Waals surface area contributed by atoms with Gasteiger partial charge in [0.25, 0.3) is 5.56 Å². The Kier molecular flexibility index (Phi) is 3.65. The smallest absolute Gasteiger partial charge is 0.339 e. The van der Waals surface area contributed by atoms with Gasteiger partial charge in [-0.25, -0.2) is 4.79 Å². The highest BCUT2D eigenvalue weighted by atomic mass is 16.5. The molecule has 0 bridgehead atoms. The van der Waals surface area contributed by atoms with Crippen LogP contribution in [0.5, 0.6) is 0 Å². The fourth-order valence-electron chi connectivity index (χ4n) is 2.38. The Bertz CT molecular complexity index is 555. The molecule has 0 saturated heterocycles. The van der Waals surface area contributed by atoms with Gasteiger partial charge < -0.3 is 9.72 Å². The molecule has 1 aliphatic rings. The van der Waals surface area contributed by atoms with E-state index < -0.39 is 5.97 Å². The van der Waals surface area contributed by atoms with Gasteiger partial charge in [-0.15, -0.1) is 0 Å². The van der Waals surface area contributed by atoms with Gasteiger partial charge in [0.1, 0.15) is 0 Å². The summed E-state index contributed by atoms with van der Waals surface area (Å²) in [6, 6.07) is 0. The van der Waals surface area contributed by atoms with E-state index in [1.807, 2.05) is 0 Å². The van der Waals surface area contributed by atoms with Crippen LogP contribution < -0.4 is 5.56 Å². The van der Waals surface area contributed by atoms with Gasteiger partial charge in [-0.3, -0.25) is 4.79 Å². The molecule has 96 valence electrons. The molecule has 0 unspecified atom stereocenters. The molecule has 2 rings (SSSR count). The van der Waals surface area contributed by atoms with E-state index in [-0.39, 0.29) is 5.56 Å². The standard InChI is InChI=1S/C14H17NO3/c1-9-12(10-6-4-3-5-7-10)11(14(17)18-2)8-15-13(9)16/h6,8H,3-5,7H2,1-2H3,(H,15,16). The van der Waals surface area contributed by atoms with E-state index in [2.05, 4.69) is 11.1 Å². The zero-order valence-electron chi connectivity index (χ0n) is 10.7. The SMILES string of the molecule is COC(=O)c1c[nH]c(=O)c(C)c1C1=CCCCC1. The first kappa shape index (κ1) is 12.6. The van der Waals surface area contributed by atoms with Gasteiger partial charge in [-0.2, -0.15) is 0 Å². The van der Waals surface area contributed by atoms with Gasteiger partial charge >= 0.3 is 5.97 Å². The number of ether oxygens (including phenoxy) is 1. The maximum atomic E-state index is 11.8. The van der Waals surface area contributed by atoms with Crippen molar-refractivity contribution in [2.45, 2.75) is 32.6 Å². The number of rotatable bonds is 2. The summed E-state index contributed by atoms with van der Waals surface area (Å²) in [5.41, 5.74) is 2.73. The lowest BCUT2D eigenvalue weighted by Gasteiger charge is -2.17. The minimum Gasteiger partial charge on any atom is -0.465 e. The van der Waals surface area contributed by atoms with Gasteiger partial charge in [0.15, 0.2) is 0 Å². The number of carbonyl (C=O) groups excluding carboxylic acids is 1. The number of carbonyl (C=O) groups is 1. The molecule has 0 saturated carbocycles. The molecule has 4 heteroatoms. The van der Waals surface area contributed by atoms with Gasteiger partial charge in [-0.1, -0.05) is 6.08 Å². The van der Waals surface area contributed by atoms with Crippen LogP contribution >= 0.6 is 0 Å². The fourth-order valence-corrected chi connectivity index (χ4v) is 2.38. The van der Waals surface area contributed by atoms with Gasteiger partial charge in [0, 0.05) is 17.3 Å². The lowest BCUT2D eigenvalue weighted by atomic mass is 9.89. The first-order valence-corrected chi connectivity index (χ1v) is 6.15. The Balaban J connectivity index is 2.61. The maximum absolute atomic E-state index is 11.8. The average Bonchev–Trinajstić information content (AvgIpc) is 2.41. The Hall–Kier alpha value is -1.84. The number of H-pyrrole nitrogens is 1. The van der Waals surface area contributed by atoms with Crippen molar-refractivity contribution < 1.29 is 9.53 Å². The molecule has 0 aliphatic heterocycles. The number of aromatic nitrogens is 1. The normalized spacial score (nSPS) is 15.1. The van der Waals surface area contributed by atoms with Crippen LogP contribution in [0.15, 0.2) is 17.1 Å². The van der Waals surface area contributed by atoms with Crippen LogP contribution in [0, 0.1) is 6.92 Å². The predicted molar refractivity (Wildman–Crippen MR) is 69.6 cm³/mol. The highest BCUT2D eigenvalue weighted by molar-refractivity contribution is 5.95. The summed E-state index contributed by atoms with van der Waals surface area (Å²) in [5, 5.41) is 0. The fraction of sp³-hybridized carbons (Fsp3) is 0.429. The zero-order valence-corrected chi connectivity index (χ0v) is 10.7. The lowest BCUT2D eigenvalue weighted by molar-refractivity contribution is 0.0599. The van der Waals surface area contributed by atoms with E-state index in [1.165, 1.54) is 19.7 Å². The molecule has 0 atom stereocenters. The molecular weight excluding hydrogens is 230 g/mol. The Morgan fingerprint density at radius 2 is 2.17 bits per heavy atom. The van der Waals surface area contributed by atoms with Gasteiger partial charge in [0.2, 0.25) is 0 Å². The van der Waals surface area contributed by atoms with E-state index in [0.717, 1.165) is 30.4 Å². The highest BCUT2D eigenvalue weighted by Gasteiger charge is 2.20. The molecule has 1 aliphatic carbocycles. The largest absolute Gasteiger partial charge is 0.465 e. The summed E-state index contributed by atoms with van der Waals surface area (Å²) < 4.78 is 4.77. The molecule has 0 amide bonds. The minimum absolute atomic E-state index is 0.149. The molecular formula is C14H17NO3. The molecule has 4 nitrogen and oxygen atoms in total. The number of esters is 1. The van der Waals surface area contributed by atoms with Crippen LogP contribution in [0.2, 0.25) is 0 Å². The number of allylic oxidation sites excluding steroid dienone is 2. The Morgan fingerprint density at radius 1 is 1.39 bits per heavy atom. The second-order valence-electron chi connectivity index (χ2n) is 4.50. The number of nitrogens with one attached hydrogen (secondary N) is 1. The van der Waals surface area contributed by atoms with Crippen LogP contribution in [-0.4, -0.2) is 18.1 Å². The molecule has 0 radical (unpaired) electrons. The van der Waals surface area contributed by atoms with E-state index in [4.69, 9.17) is 4.74 Å². The van der Waals surface area contributed by atoms with Crippen LogP contribution in [0.1, 0.15) is 47.2 Å². The van der Waals surface area contributed by atoms with E-state index in [0.29, 0.717) is 11.1 Å². The van der Waals surface area contributed by atoms with E-state index in [9.17, 15) is 9.59 Å².